The monoisotopic (exact) mass is 304 g/mol. The first kappa shape index (κ1) is 17.2. The number of nitrogens with two attached hydrogens (primary N) is 2. The summed E-state index contributed by atoms with van der Waals surface area (Å²) in [4.78, 5) is 18.9. The van der Waals surface area contributed by atoms with Gasteiger partial charge >= 0.3 is 5.97 Å². The predicted molar refractivity (Wildman–Crippen MR) is 87.0 cm³/mol. The maximum Gasteiger partial charge on any atom is 0.328 e. The normalized spacial score (nSPS) is 12.5. The fraction of sp³-hybridized carbons (Fsp3) is 0.267. The van der Waals surface area contributed by atoms with Crippen molar-refractivity contribution in [3.8, 4) is 5.75 Å². The number of rotatable bonds is 8. The third-order valence-electron chi connectivity index (χ3n) is 2.78. The molecule has 0 aromatic heterocycles. The molecular weight excluding hydrogens is 284 g/mol. The number of carbonyl (C=O) groups is 1. The lowest BCUT2D eigenvalue weighted by molar-refractivity contribution is -0.138. The fourth-order valence-corrected chi connectivity index (χ4v) is 1.68. The first-order valence-corrected chi connectivity index (χ1v) is 6.76. The largest absolute Gasteiger partial charge is 0.507 e. The van der Waals surface area contributed by atoms with Crippen molar-refractivity contribution in [2.75, 3.05) is 6.54 Å². The molecule has 0 spiro atoms. The molecule has 7 nitrogen and oxygen atoms in total. The van der Waals surface area contributed by atoms with E-state index in [1.165, 1.54) is 6.21 Å². The molecule has 0 aliphatic carbocycles. The van der Waals surface area contributed by atoms with E-state index in [0.29, 0.717) is 24.9 Å². The molecule has 22 heavy (non-hydrogen) atoms. The quantitative estimate of drug-likeness (QED) is 0.322. The number of aromatic hydroxyl groups is 1. The molecule has 6 N–H and O–H groups in total. The van der Waals surface area contributed by atoms with Crippen LogP contribution in [0.2, 0.25) is 0 Å². The lowest BCUT2D eigenvalue weighted by Crippen LogP contribution is -2.23. The number of hydrogen-bond donors (Lipinski definition) is 4. The average Bonchev–Trinajstić information content (AvgIpc) is 2.46. The number of aliphatic imine (C=N–C) groups is 2. The van der Waals surface area contributed by atoms with Crippen LogP contribution in [0.5, 0.6) is 5.75 Å². The first-order chi connectivity index (χ1) is 10.5. The van der Waals surface area contributed by atoms with E-state index < -0.39 is 12.0 Å². The van der Waals surface area contributed by atoms with Gasteiger partial charge in [-0.05, 0) is 31.1 Å². The zero-order chi connectivity index (χ0) is 16.4. The maximum absolute atomic E-state index is 11.1. The summed E-state index contributed by atoms with van der Waals surface area (Å²) in [5.41, 5.74) is 11.0. The van der Waals surface area contributed by atoms with E-state index >= 15 is 0 Å². The van der Waals surface area contributed by atoms with E-state index in [0.717, 1.165) is 0 Å². The zero-order valence-electron chi connectivity index (χ0n) is 12.1. The molecule has 0 amide bonds. The fourth-order valence-electron chi connectivity index (χ4n) is 1.68. The second kappa shape index (κ2) is 9.17. The molecule has 0 saturated carbocycles. The second-order valence-corrected chi connectivity index (χ2v) is 4.52. The molecule has 0 bridgehead atoms. The molecule has 0 radical (unpaired) electrons. The Morgan fingerprint density at radius 1 is 1.32 bits per heavy atom. The van der Waals surface area contributed by atoms with Gasteiger partial charge in [0.25, 0.3) is 0 Å². The SMILES string of the molecule is NC(N)=NCCC[C@H](N=C/C=C/c1ccccc1O)C(=O)O. The van der Waals surface area contributed by atoms with Crippen molar-refractivity contribution >= 4 is 24.2 Å². The van der Waals surface area contributed by atoms with Gasteiger partial charge in [0, 0.05) is 18.3 Å². The van der Waals surface area contributed by atoms with E-state index in [2.05, 4.69) is 9.98 Å². The van der Waals surface area contributed by atoms with E-state index in [4.69, 9.17) is 16.6 Å². The minimum absolute atomic E-state index is 0.0130. The Kier molecular flexibility index (Phi) is 7.18. The minimum atomic E-state index is -1.00. The molecule has 0 fully saturated rings. The van der Waals surface area contributed by atoms with E-state index in [1.54, 1.807) is 36.4 Å². The van der Waals surface area contributed by atoms with Gasteiger partial charge in [0.15, 0.2) is 5.96 Å². The number of phenols is 1. The Balaban J connectivity index is 2.54. The molecule has 7 heteroatoms. The van der Waals surface area contributed by atoms with Gasteiger partial charge in [0.1, 0.15) is 11.8 Å². The summed E-state index contributed by atoms with van der Waals surface area (Å²) in [6.07, 6.45) is 5.51. The van der Waals surface area contributed by atoms with Gasteiger partial charge in [0.05, 0.1) is 0 Å². The third-order valence-corrected chi connectivity index (χ3v) is 2.78. The third kappa shape index (κ3) is 6.56. The second-order valence-electron chi connectivity index (χ2n) is 4.52. The number of benzene rings is 1. The topological polar surface area (TPSA) is 134 Å². The molecule has 0 heterocycles. The smallest absolute Gasteiger partial charge is 0.328 e. The molecule has 1 aromatic rings. The lowest BCUT2D eigenvalue weighted by atomic mass is 10.1. The van der Waals surface area contributed by atoms with Gasteiger partial charge < -0.3 is 21.7 Å². The average molecular weight is 304 g/mol. The molecule has 0 aliphatic rings. The molecule has 1 aromatic carbocycles. The Hall–Kier alpha value is -2.83. The number of carboxylic acids is 1. The first-order valence-electron chi connectivity index (χ1n) is 6.76. The maximum atomic E-state index is 11.1. The highest BCUT2D eigenvalue weighted by atomic mass is 16.4. The summed E-state index contributed by atoms with van der Waals surface area (Å²) in [5.74, 6) is -0.864. The van der Waals surface area contributed by atoms with Crippen molar-refractivity contribution in [1.29, 1.82) is 0 Å². The van der Waals surface area contributed by atoms with Gasteiger partial charge in [-0.2, -0.15) is 0 Å². The Morgan fingerprint density at radius 2 is 2.05 bits per heavy atom. The molecule has 1 rings (SSSR count). The number of para-hydroxylation sites is 1. The predicted octanol–water partition coefficient (Wildman–Crippen LogP) is 0.983. The van der Waals surface area contributed by atoms with Gasteiger partial charge in [-0.3, -0.25) is 9.98 Å². The van der Waals surface area contributed by atoms with Crippen LogP contribution in [0.1, 0.15) is 18.4 Å². The summed E-state index contributed by atoms with van der Waals surface area (Å²) < 4.78 is 0. The van der Waals surface area contributed by atoms with Gasteiger partial charge in [-0.1, -0.05) is 18.2 Å². The van der Waals surface area contributed by atoms with E-state index in [-0.39, 0.29) is 11.7 Å². The van der Waals surface area contributed by atoms with Crippen LogP contribution in [0.4, 0.5) is 0 Å². The van der Waals surface area contributed by atoms with Crippen LogP contribution in [0.3, 0.4) is 0 Å². The number of phenolic OH excluding ortho intramolecular Hbond substituents is 1. The highest BCUT2D eigenvalue weighted by Crippen LogP contribution is 2.16. The van der Waals surface area contributed by atoms with Gasteiger partial charge in [0.2, 0.25) is 0 Å². The van der Waals surface area contributed by atoms with Gasteiger partial charge in [-0.25, -0.2) is 4.79 Å². The van der Waals surface area contributed by atoms with Crippen molar-refractivity contribution in [2.45, 2.75) is 18.9 Å². The van der Waals surface area contributed by atoms with Crippen molar-refractivity contribution in [1.82, 2.24) is 0 Å². The molecular formula is C15H20N4O3. The van der Waals surface area contributed by atoms with E-state index in [1.807, 2.05) is 0 Å². The van der Waals surface area contributed by atoms with Crippen molar-refractivity contribution in [3.05, 3.63) is 35.9 Å². The minimum Gasteiger partial charge on any atom is -0.507 e. The summed E-state index contributed by atoms with van der Waals surface area (Å²) in [6.45, 7) is 0.370. The van der Waals surface area contributed by atoms with Crippen molar-refractivity contribution < 1.29 is 15.0 Å². The van der Waals surface area contributed by atoms with Crippen LogP contribution >= 0.6 is 0 Å². The molecule has 0 unspecified atom stereocenters. The number of aliphatic carboxylic acids is 1. The van der Waals surface area contributed by atoms with Crippen molar-refractivity contribution in [3.63, 3.8) is 0 Å². The summed E-state index contributed by atoms with van der Waals surface area (Å²) in [7, 11) is 0. The number of hydrogen-bond acceptors (Lipinski definition) is 4. The number of guanidine groups is 1. The summed E-state index contributed by atoms with van der Waals surface area (Å²) in [5, 5.41) is 18.7. The molecule has 0 saturated heterocycles. The number of allylic oxidation sites excluding steroid dienone is 1. The zero-order valence-corrected chi connectivity index (χ0v) is 12.1. The Morgan fingerprint density at radius 3 is 2.68 bits per heavy atom. The van der Waals surface area contributed by atoms with Crippen LogP contribution in [0, 0.1) is 0 Å². The van der Waals surface area contributed by atoms with E-state index in [9.17, 15) is 9.90 Å². The highest BCUT2D eigenvalue weighted by molar-refractivity contribution is 5.82. The van der Waals surface area contributed by atoms with Gasteiger partial charge in [-0.15, -0.1) is 0 Å². The molecule has 1 atom stereocenters. The lowest BCUT2D eigenvalue weighted by Gasteiger charge is -2.05. The number of nitrogens with zero attached hydrogens (tertiary/aromatic N) is 2. The van der Waals surface area contributed by atoms with Crippen molar-refractivity contribution in [2.24, 2.45) is 21.5 Å². The van der Waals surface area contributed by atoms with Crippen LogP contribution in [0.15, 0.2) is 40.3 Å². The van der Waals surface area contributed by atoms with Crippen LogP contribution < -0.4 is 11.5 Å². The molecule has 118 valence electrons. The van der Waals surface area contributed by atoms with Crippen LogP contribution in [-0.4, -0.2) is 40.9 Å². The number of carboxylic acid groups (broad SMARTS) is 1. The van der Waals surface area contributed by atoms with Crippen LogP contribution in [-0.2, 0) is 4.79 Å². The van der Waals surface area contributed by atoms with Crippen LogP contribution in [0.25, 0.3) is 6.08 Å². The standard InChI is InChI=1S/C15H20N4O3/c16-15(17)19-10-4-7-12(14(21)22)18-9-3-6-11-5-1-2-8-13(11)20/h1-3,5-6,8-9,12,20H,4,7,10H2,(H,21,22)(H4,16,17,19)/b6-3+,18-9?/t12-/m0/s1. The highest BCUT2D eigenvalue weighted by Gasteiger charge is 2.13. The summed E-state index contributed by atoms with van der Waals surface area (Å²) in [6, 6.07) is 5.98. The Labute approximate surface area is 128 Å². The molecule has 0 aliphatic heterocycles. The Bertz CT molecular complexity index is 578. The summed E-state index contributed by atoms with van der Waals surface area (Å²) >= 11 is 0.